The van der Waals surface area contributed by atoms with Crippen LogP contribution >= 0.6 is 0 Å². The summed E-state index contributed by atoms with van der Waals surface area (Å²) in [6, 6.07) is 82.8. The summed E-state index contributed by atoms with van der Waals surface area (Å²) in [6.45, 7) is 4.62. The molecule has 2 heterocycles. The molecular formula is C94H54N4. The van der Waals surface area contributed by atoms with Crippen LogP contribution in [0, 0.1) is 98.8 Å². The molecular weight excluding hydrogens is 1190 g/mol. The predicted molar refractivity (Wildman–Crippen MR) is 404 cm³/mol. The molecule has 0 atom stereocenters. The summed E-state index contributed by atoms with van der Waals surface area (Å²) in [5, 5.41) is 2.17. The molecule has 1 aliphatic carbocycles. The van der Waals surface area contributed by atoms with Crippen molar-refractivity contribution < 1.29 is 0 Å². The summed E-state index contributed by atoms with van der Waals surface area (Å²) in [5.74, 6) is 24.6. The zero-order valence-corrected chi connectivity index (χ0v) is 53.5. The molecule has 0 aliphatic heterocycles. The Morgan fingerprint density at radius 2 is 0.673 bits per heavy atom. The summed E-state index contributed by atoms with van der Waals surface area (Å²) in [7, 11) is 0. The van der Waals surface area contributed by atoms with E-state index in [1.807, 2.05) is 133 Å². The van der Waals surface area contributed by atoms with Crippen LogP contribution in [-0.2, 0) is 5.41 Å². The lowest BCUT2D eigenvalue weighted by Gasteiger charge is -2.23. The van der Waals surface area contributed by atoms with E-state index in [-0.39, 0.29) is 0 Å². The van der Waals surface area contributed by atoms with Crippen LogP contribution in [-0.4, -0.2) is 19.5 Å². The molecule has 4 nitrogen and oxygen atoms in total. The summed E-state index contributed by atoms with van der Waals surface area (Å²) in [5.41, 5.74) is 24.6. The number of rotatable bonds is 10. The Bertz CT molecular complexity index is 5960. The first-order chi connectivity index (χ1) is 48.0. The Kier molecular flexibility index (Phi) is 15.0. The van der Waals surface area contributed by atoms with E-state index in [0.29, 0.717) is 62.1 Å². The third kappa shape index (κ3) is 10.1. The maximum absolute atomic E-state index is 6.40. The molecule has 0 amide bonds. The standard InChI is InChI=1S/C94H54N4/c1-11-59-35-27-40-77(73(59)15-5)71-52-70(53-72(54-71)78-41-28-36-60(12-2)74(78)16-6)69-50-67(65-45-47-81(79-42-29-37-61(13-3)75(79)17-7)84(55-65)80-43-30-38-62(14-4)76(80)18-8)49-68(51-69)66-46-48-82-85-57-86-83-39-25-26-44-89(83)98(90(86)58-88(85)94(9,10)87(82)56-66)93-96-91(63-31-21-19-22-32-63)95-92(97-93)64-33-23-20-24-34-64/h1-8,19-58H,9-10H3. The van der Waals surface area contributed by atoms with Gasteiger partial charge in [0, 0.05) is 71.8 Å². The summed E-state index contributed by atoms with van der Waals surface area (Å²) in [6.07, 6.45) is 49.9. The Morgan fingerprint density at radius 1 is 0.265 bits per heavy atom. The summed E-state index contributed by atoms with van der Waals surface area (Å²) >= 11 is 0. The number of nitrogens with zero attached hydrogens (tertiary/aromatic N) is 4. The number of aromatic nitrogens is 4. The van der Waals surface area contributed by atoms with Crippen LogP contribution in [0.15, 0.2) is 243 Å². The van der Waals surface area contributed by atoms with Gasteiger partial charge in [0.25, 0.3) is 0 Å². The normalized spacial score (nSPS) is 11.6. The van der Waals surface area contributed by atoms with Crippen LogP contribution in [0.2, 0.25) is 0 Å². The van der Waals surface area contributed by atoms with E-state index in [1.54, 1.807) is 0 Å². The second kappa shape index (κ2) is 24.4. The first-order valence-electron chi connectivity index (χ1n) is 31.8. The zero-order chi connectivity index (χ0) is 67.3. The van der Waals surface area contributed by atoms with Crippen molar-refractivity contribution in [3.8, 4) is 216 Å². The second-order valence-corrected chi connectivity index (χ2v) is 24.6. The number of hydrogen-bond donors (Lipinski definition) is 0. The predicted octanol–water partition coefficient (Wildman–Crippen LogP) is 20.1. The fourth-order valence-corrected chi connectivity index (χ4v) is 14.1. The molecule has 0 unspecified atom stereocenters. The van der Waals surface area contributed by atoms with Crippen LogP contribution in [0.25, 0.3) is 140 Å². The molecule has 0 spiro atoms. The van der Waals surface area contributed by atoms with Gasteiger partial charge in [-0.1, -0.05) is 213 Å². The average Bonchev–Trinajstić information content (AvgIpc) is 1.54. The molecule has 0 saturated carbocycles. The monoisotopic (exact) mass is 1240 g/mol. The van der Waals surface area contributed by atoms with Crippen LogP contribution in [0.5, 0.6) is 0 Å². The molecule has 0 N–H and O–H groups in total. The van der Waals surface area contributed by atoms with Gasteiger partial charge in [0.05, 0.1) is 11.0 Å². The fraction of sp³-hybridized carbons (Fsp3) is 0.0319. The van der Waals surface area contributed by atoms with Gasteiger partial charge in [0.15, 0.2) is 11.6 Å². The molecule has 1 aliphatic rings. The Balaban J connectivity index is 0.960. The largest absolute Gasteiger partial charge is 0.278 e. The van der Waals surface area contributed by atoms with Crippen molar-refractivity contribution in [3.05, 3.63) is 298 Å². The Hall–Kier alpha value is -14.1. The fourth-order valence-electron chi connectivity index (χ4n) is 14.1. The van der Waals surface area contributed by atoms with Gasteiger partial charge in [-0.25, -0.2) is 4.98 Å². The van der Waals surface area contributed by atoms with Crippen LogP contribution < -0.4 is 0 Å². The van der Waals surface area contributed by atoms with E-state index < -0.39 is 5.41 Å². The van der Waals surface area contributed by atoms with Gasteiger partial charge < -0.3 is 0 Å². The third-order valence-electron chi connectivity index (χ3n) is 18.9. The number of hydrogen-bond acceptors (Lipinski definition) is 3. The highest BCUT2D eigenvalue weighted by molar-refractivity contribution is 6.12. The quantitative estimate of drug-likeness (QED) is 0.128. The SMILES string of the molecule is C#Cc1cccc(-c2cc(-c3cc(-c4ccc(-c5cccc(C#C)c5C#C)c(-c5cccc(C#C)c5C#C)c4)cc(-c4ccc5c(c4)C(C)(C)c4cc6c(cc4-5)c4ccccc4n6-c4nc(-c5ccccc5)nc(-c5ccccc5)n4)c3)cc(-c3cccc(C#C)c3C#C)c2)c1C#C. The van der Waals surface area contributed by atoms with Gasteiger partial charge >= 0.3 is 0 Å². The van der Waals surface area contributed by atoms with E-state index in [4.69, 9.17) is 66.3 Å². The second-order valence-electron chi connectivity index (χ2n) is 24.6. The highest BCUT2D eigenvalue weighted by Gasteiger charge is 2.37. The minimum atomic E-state index is -0.493. The molecule has 12 aromatic carbocycles. The molecule has 2 aromatic heterocycles. The van der Waals surface area contributed by atoms with Crippen molar-refractivity contribution in [3.63, 3.8) is 0 Å². The van der Waals surface area contributed by atoms with E-state index in [9.17, 15) is 0 Å². The summed E-state index contributed by atoms with van der Waals surface area (Å²) < 4.78 is 2.20. The van der Waals surface area contributed by atoms with E-state index in [1.165, 1.54) is 11.1 Å². The lowest BCUT2D eigenvalue weighted by molar-refractivity contribution is 0.661. The van der Waals surface area contributed by atoms with Gasteiger partial charge in [-0.3, -0.25) is 4.57 Å². The maximum Gasteiger partial charge on any atom is 0.238 e. The molecule has 450 valence electrons. The van der Waals surface area contributed by atoms with Crippen molar-refractivity contribution >= 4 is 21.8 Å². The highest BCUT2D eigenvalue weighted by Crippen LogP contribution is 2.53. The molecule has 0 radical (unpaired) electrons. The number of terminal acetylenes is 8. The first kappa shape index (κ1) is 60.2. The lowest BCUT2D eigenvalue weighted by Crippen LogP contribution is -2.15. The molecule has 15 rings (SSSR count). The maximum atomic E-state index is 6.40. The van der Waals surface area contributed by atoms with Gasteiger partial charge in [0.2, 0.25) is 5.95 Å². The molecule has 0 bridgehead atoms. The highest BCUT2D eigenvalue weighted by atomic mass is 15.2. The van der Waals surface area contributed by atoms with Crippen molar-refractivity contribution in [1.82, 2.24) is 19.5 Å². The molecule has 14 aromatic rings. The lowest BCUT2D eigenvalue weighted by atomic mass is 9.81. The summed E-state index contributed by atoms with van der Waals surface area (Å²) in [4.78, 5) is 15.6. The van der Waals surface area contributed by atoms with Gasteiger partial charge in [0.1, 0.15) is 0 Å². The van der Waals surface area contributed by atoms with E-state index in [0.717, 1.165) is 122 Å². The molecule has 98 heavy (non-hydrogen) atoms. The minimum Gasteiger partial charge on any atom is -0.278 e. The zero-order valence-electron chi connectivity index (χ0n) is 53.5. The van der Waals surface area contributed by atoms with Crippen LogP contribution in [0.4, 0.5) is 0 Å². The van der Waals surface area contributed by atoms with Crippen LogP contribution in [0.3, 0.4) is 0 Å². The molecule has 4 heteroatoms. The molecule has 0 saturated heterocycles. The van der Waals surface area contributed by atoms with Crippen molar-refractivity contribution in [2.45, 2.75) is 19.3 Å². The Morgan fingerprint density at radius 3 is 1.17 bits per heavy atom. The van der Waals surface area contributed by atoms with E-state index in [2.05, 4.69) is 175 Å². The van der Waals surface area contributed by atoms with Gasteiger partial charge in [-0.2, -0.15) is 9.97 Å². The van der Waals surface area contributed by atoms with Crippen molar-refractivity contribution in [2.75, 3.05) is 0 Å². The first-order valence-corrected chi connectivity index (χ1v) is 31.8. The number of benzene rings is 12. The van der Waals surface area contributed by atoms with Crippen molar-refractivity contribution in [2.24, 2.45) is 0 Å². The van der Waals surface area contributed by atoms with Crippen LogP contribution in [0.1, 0.15) is 69.5 Å². The third-order valence-corrected chi connectivity index (χ3v) is 18.9. The number of para-hydroxylation sites is 1. The Labute approximate surface area is 571 Å². The topological polar surface area (TPSA) is 43.6 Å². The number of fused-ring (bicyclic) bond motifs is 6. The van der Waals surface area contributed by atoms with E-state index >= 15 is 0 Å². The minimum absolute atomic E-state index is 0.493. The average molecular weight is 1240 g/mol. The van der Waals surface area contributed by atoms with Gasteiger partial charge in [-0.15, -0.1) is 51.4 Å². The smallest absolute Gasteiger partial charge is 0.238 e. The molecule has 0 fully saturated rings. The van der Waals surface area contributed by atoms with Gasteiger partial charge in [-0.05, 0) is 191 Å². The van der Waals surface area contributed by atoms with Crippen molar-refractivity contribution in [1.29, 1.82) is 0 Å².